The summed E-state index contributed by atoms with van der Waals surface area (Å²) in [7, 11) is -11.6. The molecule has 1 heterocycles. The van der Waals surface area contributed by atoms with Gasteiger partial charge in [-0.15, -0.1) is 10.3 Å². The zero-order valence-corrected chi connectivity index (χ0v) is 20.0. The van der Waals surface area contributed by atoms with Gasteiger partial charge in [0.1, 0.15) is 5.78 Å². The summed E-state index contributed by atoms with van der Waals surface area (Å²) < 4.78 is 260. The molecule has 5 nitrogen and oxygen atoms in total. The Labute approximate surface area is 207 Å². The van der Waals surface area contributed by atoms with Gasteiger partial charge in [0.05, 0.1) is 19.0 Å². The normalized spacial score (nSPS) is 20.1. The number of ether oxygens (including phenoxy) is 1. The fourth-order valence-corrected chi connectivity index (χ4v) is 7.89. The van der Waals surface area contributed by atoms with Gasteiger partial charge in [-0.1, -0.05) is 0 Å². The Kier molecular flexibility index (Phi) is 9.08. The van der Waals surface area contributed by atoms with Crippen LogP contribution in [-0.4, -0.2) is 91.6 Å². The van der Waals surface area contributed by atoms with E-state index >= 15 is 0 Å². The number of carbonyl (C=O) groups excluding carboxylic acids is 1. The molecule has 0 aromatic rings. The molecule has 0 unspecified atom stereocenters. The molecule has 0 aromatic heterocycles. The summed E-state index contributed by atoms with van der Waals surface area (Å²) >= 11 is 0. The molecule has 0 bridgehead atoms. The van der Waals surface area contributed by atoms with Crippen LogP contribution in [0.1, 0.15) is 6.92 Å². The minimum absolute atomic E-state index is 0.622. The van der Waals surface area contributed by atoms with E-state index in [0.29, 0.717) is 6.92 Å². The van der Waals surface area contributed by atoms with Crippen molar-refractivity contribution in [1.82, 2.24) is 0 Å². The van der Waals surface area contributed by atoms with Gasteiger partial charge in [0.2, 0.25) is 0 Å². The Bertz CT molecular complexity index is 1030. The minimum Gasteiger partial charge on any atom is -0.380 e. The number of rotatable bonds is 11. The average Bonchev–Trinajstić information content (AvgIpc) is 2.71. The first-order valence-corrected chi connectivity index (χ1v) is 12.8. The van der Waals surface area contributed by atoms with Gasteiger partial charge in [-0.25, -0.2) is 3.63 Å². The van der Waals surface area contributed by atoms with Gasteiger partial charge >= 0.3 is 57.1 Å². The maximum Gasteiger partial charge on any atom is 0.460 e. The molecule has 1 fully saturated rings. The lowest BCUT2D eigenvalue weighted by Gasteiger charge is -2.44. The fraction of sp³-hybridized carbons (Fsp3) is 0.933. The summed E-state index contributed by atoms with van der Waals surface area (Å²) in [6, 6.07) is 0. The fourth-order valence-electron chi connectivity index (χ4n) is 2.77. The van der Waals surface area contributed by atoms with Gasteiger partial charge in [0, 0.05) is 11.5 Å². The van der Waals surface area contributed by atoms with Crippen molar-refractivity contribution in [3.05, 3.63) is 0 Å². The molecule has 0 aromatic carbocycles. The van der Waals surface area contributed by atoms with Crippen molar-refractivity contribution in [3.8, 4) is 0 Å². The molecule has 0 spiro atoms. The number of carbonyl (C=O) groups is 1. The Morgan fingerprint density at radius 2 is 1.00 bits per heavy atom. The second-order valence-electron chi connectivity index (χ2n) is 7.82. The van der Waals surface area contributed by atoms with E-state index in [0.717, 1.165) is 0 Å². The van der Waals surface area contributed by atoms with Crippen molar-refractivity contribution in [3.63, 3.8) is 0 Å². The first kappa shape index (κ1) is 35.7. The van der Waals surface area contributed by atoms with Gasteiger partial charge in [0.15, 0.2) is 0 Å². The number of halogens is 17. The number of hydrogen-bond donors (Lipinski definition) is 0. The van der Waals surface area contributed by atoms with Crippen LogP contribution < -0.4 is 0 Å². The first-order chi connectivity index (χ1) is 16.8. The highest BCUT2D eigenvalue weighted by molar-refractivity contribution is 8.33. The second kappa shape index (κ2) is 9.91. The zero-order valence-electron chi connectivity index (χ0n) is 18.3. The summed E-state index contributed by atoms with van der Waals surface area (Å²) in [4.78, 5) is 11.4. The van der Waals surface area contributed by atoms with Crippen LogP contribution in [-0.2, 0) is 23.3 Å². The lowest BCUT2D eigenvalue weighted by Crippen LogP contribution is -2.75. The molecule has 1 aliphatic rings. The quantitative estimate of drug-likeness (QED) is 0.269. The van der Waals surface area contributed by atoms with Crippen LogP contribution in [0.5, 0.6) is 0 Å². The lowest BCUT2D eigenvalue weighted by atomic mass is 9.91. The maximum absolute atomic E-state index is 14.2. The van der Waals surface area contributed by atoms with Crippen molar-refractivity contribution < 1.29 is 96.2 Å². The summed E-state index contributed by atoms with van der Waals surface area (Å²) in [5.74, 6) is -56.1. The van der Waals surface area contributed by atoms with Gasteiger partial charge in [-0.2, -0.15) is 83.1 Å². The van der Waals surface area contributed by atoms with Gasteiger partial charge in [-0.05, 0) is 6.92 Å². The monoisotopic (exact) mass is 660 g/mol. The third-order valence-corrected chi connectivity index (χ3v) is 10.4. The van der Waals surface area contributed by atoms with Crippen molar-refractivity contribution >= 4 is 26.2 Å². The van der Waals surface area contributed by atoms with Crippen LogP contribution in [0.4, 0.5) is 74.6 Å². The van der Waals surface area contributed by atoms with E-state index in [1.54, 1.807) is 0 Å². The lowest BCUT2D eigenvalue weighted by molar-refractivity contribution is -0.458. The maximum atomic E-state index is 14.2. The molecule has 234 valence electrons. The van der Waals surface area contributed by atoms with Crippen LogP contribution >= 0.6 is 10.3 Å². The van der Waals surface area contributed by atoms with Crippen LogP contribution in [0, 0.1) is 0 Å². The Hall–Kier alpha value is -1.30. The zero-order chi connectivity index (χ0) is 31.5. The van der Waals surface area contributed by atoms with E-state index < -0.39 is 104 Å². The molecule has 24 heteroatoms. The van der Waals surface area contributed by atoms with Crippen molar-refractivity contribution in [2.75, 3.05) is 30.5 Å². The van der Waals surface area contributed by atoms with Crippen molar-refractivity contribution in [1.29, 1.82) is 0 Å². The molecule has 39 heavy (non-hydrogen) atoms. The summed E-state index contributed by atoms with van der Waals surface area (Å²) in [5.41, 5.74) is 0. The van der Waals surface area contributed by atoms with Gasteiger partial charge in [0.25, 0.3) is 0 Å². The van der Waals surface area contributed by atoms with Crippen LogP contribution in [0.25, 0.3) is 0 Å². The largest absolute Gasteiger partial charge is 0.460 e. The van der Waals surface area contributed by atoms with Crippen LogP contribution in [0.3, 0.4) is 0 Å². The number of ketones is 1. The molecule has 0 N–H and O–H groups in total. The van der Waals surface area contributed by atoms with Crippen LogP contribution in [0.15, 0.2) is 0 Å². The smallest absolute Gasteiger partial charge is 0.380 e. The van der Waals surface area contributed by atoms with E-state index in [1.807, 2.05) is 0 Å². The molecule has 0 aliphatic carbocycles. The molecule has 0 radical (unpaired) electrons. The summed E-state index contributed by atoms with van der Waals surface area (Å²) in [6.07, 6.45) is -7.91. The number of alkyl halides is 17. The van der Waals surface area contributed by atoms with E-state index in [4.69, 9.17) is 0 Å². The molecule has 0 saturated carbocycles. The molecule has 1 aliphatic heterocycles. The van der Waals surface area contributed by atoms with Crippen molar-refractivity contribution in [2.45, 2.75) is 53.9 Å². The Morgan fingerprint density at radius 1 is 0.667 bits per heavy atom. The standard InChI is InChI=1S/C15H13F17O5S2/c1-7(33)6-38(4-2-36-3-5-38)37-39(34,35)15(31,32)13(26,27)11(22,23)9(18,19)8(16,17)10(20,21)12(24,25)14(28,29)30/h2-6H2,1H3. The average molecular weight is 660 g/mol. The molecule has 1 rings (SSSR count). The van der Waals surface area contributed by atoms with E-state index in [9.17, 15) is 87.8 Å². The Morgan fingerprint density at radius 3 is 1.33 bits per heavy atom. The highest BCUT2D eigenvalue weighted by Crippen LogP contribution is 2.65. The summed E-state index contributed by atoms with van der Waals surface area (Å²) in [6.45, 7) is -0.577. The van der Waals surface area contributed by atoms with Crippen LogP contribution in [0.2, 0.25) is 0 Å². The Balaban J connectivity index is 3.70. The number of Topliss-reactive ketones (excluding diaryl/α,β-unsaturated/α-hetero) is 1. The SMILES string of the molecule is CC(=O)CS1(OS(=O)(=O)C(F)(F)C(F)(F)C(F)(F)C(F)(F)C(F)(F)C(F)(F)C(F)(F)C(F)(F)F)CCOCC1. The third-order valence-electron chi connectivity index (χ3n) is 4.91. The van der Waals surface area contributed by atoms with Crippen molar-refractivity contribution in [2.24, 2.45) is 0 Å². The van der Waals surface area contributed by atoms with E-state index in [1.165, 1.54) is 0 Å². The number of hydrogen-bond acceptors (Lipinski definition) is 5. The van der Waals surface area contributed by atoms with E-state index in [-0.39, 0.29) is 0 Å². The second-order valence-corrected chi connectivity index (χ2v) is 12.8. The topological polar surface area (TPSA) is 69.7 Å². The first-order valence-electron chi connectivity index (χ1n) is 9.33. The molecule has 0 amide bonds. The molecule has 0 atom stereocenters. The van der Waals surface area contributed by atoms with E-state index in [2.05, 4.69) is 8.37 Å². The highest BCUT2D eigenvalue weighted by atomic mass is 32.3. The molecular formula is C15H13F17O5S2. The molecule has 1 saturated heterocycles. The summed E-state index contributed by atoms with van der Waals surface area (Å²) in [5, 5.41) is -7.78. The molecular weight excluding hydrogens is 647 g/mol. The van der Waals surface area contributed by atoms with Gasteiger partial charge < -0.3 is 4.74 Å². The predicted octanol–water partition coefficient (Wildman–Crippen LogP) is 5.64. The van der Waals surface area contributed by atoms with Gasteiger partial charge in [-0.3, -0.25) is 4.79 Å². The third kappa shape index (κ3) is 5.26. The predicted molar refractivity (Wildman–Crippen MR) is 94.4 cm³/mol. The minimum atomic E-state index is -8.93. The highest BCUT2D eigenvalue weighted by Gasteiger charge is 2.96.